The highest BCUT2D eigenvalue weighted by Gasteiger charge is 2.33. The van der Waals surface area contributed by atoms with Crippen LogP contribution in [0.4, 0.5) is 28.9 Å². The molecule has 0 atom stereocenters. The third kappa shape index (κ3) is 3.70. The van der Waals surface area contributed by atoms with Gasteiger partial charge in [-0.25, -0.2) is 9.18 Å². The van der Waals surface area contributed by atoms with Gasteiger partial charge in [-0.2, -0.15) is 13.2 Å². The average Bonchev–Trinajstić information content (AvgIpc) is 2.37. The van der Waals surface area contributed by atoms with Gasteiger partial charge in [-0.3, -0.25) is 10.1 Å². The van der Waals surface area contributed by atoms with Gasteiger partial charge < -0.3 is 15.2 Å². The van der Waals surface area contributed by atoms with Crippen molar-refractivity contribution >= 4 is 17.3 Å². The van der Waals surface area contributed by atoms with E-state index in [1.54, 1.807) is 0 Å². The molecule has 0 unspecified atom stereocenters. The number of nitro groups is 1. The van der Waals surface area contributed by atoms with Gasteiger partial charge in [0.05, 0.1) is 12.0 Å². The molecule has 116 valence electrons. The average molecular weight is 312 g/mol. The van der Waals surface area contributed by atoms with Crippen molar-refractivity contribution in [2.75, 3.05) is 19.5 Å². The monoisotopic (exact) mass is 312 g/mol. The molecule has 0 aromatic heterocycles. The number of nitro benzene ring substituents is 1. The van der Waals surface area contributed by atoms with Gasteiger partial charge in [0.1, 0.15) is 5.56 Å². The summed E-state index contributed by atoms with van der Waals surface area (Å²) in [6.45, 7) is -1.91. The van der Waals surface area contributed by atoms with Crippen molar-refractivity contribution in [1.82, 2.24) is 0 Å². The minimum Gasteiger partial charge on any atom is -0.480 e. The van der Waals surface area contributed by atoms with Crippen LogP contribution in [0.25, 0.3) is 0 Å². The Balaban J connectivity index is 3.42. The van der Waals surface area contributed by atoms with E-state index in [-0.39, 0.29) is 0 Å². The molecule has 0 spiro atoms. The van der Waals surface area contributed by atoms with Crippen LogP contribution >= 0.6 is 0 Å². The van der Waals surface area contributed by atoms with Crippen molar-refractivity contribution in [2.45, 2.75) is 6.18 Å². The number of hydrogen-bond acceptors (Lipinski definition) is 6. The van der Waals surface area contributed by atoms with Crippen LogP contribution in [0, 0.1) is 15.9 Å². The van der Waals surface area contributed by atoms with Crippen molar-refractivity contribution in [3.05, 3.63) is 27.6 Å². The van der Waals surface area contributed by atoms with E-state index in [2.05, 4.69) is 9.47 Å². The molecule has 7 nitrogen and oxygen atoms in total. The molecule has 0 saturated heterocycles. The number of alkyl halides is 3. The zero-order valence-corrected chi connectivity index (χ0v) is 10.4. The highest BCUT2D eigenvalue weighted by atomic mass is 19.4. The van der Waals surface area contributed by atoms with Gasteiger partial charge in [0.25, 0.3) is 5.69 Å². The normalized spacial score (nSPS) is 11.1. The van der Waals surface area contributed by atoms with Gasteiger partial charge in [0, 0.05) is 6.07 Å². The summed E-state index contributed by atoms with van der Waals surface area (Å²) in [6, 6.07) is 0.482. The van der Waals surface area contributed by atoms with Crippen LogP contribution in [0.5, 0.6) is 5.75 Å². The third-order valence-electron chi connectivity index (χ3n) is 2.22. The topological polar surface area (TPSA) is 105 Å². The van der Waals surface area contributed by atoms with Crippen molar-refractivity contribution in [3.8, 4) is 5.75 Å². The lowest BCUT2D eigenvalue weighted by molar-refractivity contribution is -0.384. The first-order valence-electron chi connectivity index (χ1n) is 5.12. The van der Waals surface area contributed by atoms with E-state index in [4.69, 9.17) is 5.73 Å². The van der Waals surface area contributed by atoms with E-state index >= 15 is 0 Å². The number of nitrogens with zero attached hydrogens (tertiary/aromatic N) is 1. The van der Waals surface area contributed by atoms with Gasteiger partial charge in [-0.15, -0.1) is 0 Å². The molecule has 0 amide bonds. The lowest BCUT2D eigenvalue weighted by Gasteiger charge is -2.14. The molecule has 0 aliphatic rings. The maximum absolute atomic E-state index is 13.8. The Bertz CT molecular complexity index is 588. The van der Waals surface area contributed by atoms with Gasteiger partial charge in [0.2, 0.25) is 0 Å². The number of carbonyl (C=O) groups excluding carboxylic acids is 1. The van der Waals surface area contributed by atoms with Crippen molar-refractivity contribution in [3.63, 3.8) is 0 Å². The zero-order valence-electron chi connectivity index (χ0n) is 10.4. The molecular formula is C10H8F4N2O5. The fraction of sp³-hybridized carbons (Fsp3) is 0.300. The molecule has 1 rings (SSSR count). The SMILES string of the molecule is COC(=O)c1cc([N+](=O)[O-])c(N)c(F)c1OCC(F)(F)F. The molecule has 11 heteroatoms. The zero-order chi connectivity index (χ0) is 16.4. The summed E-state index contributed by atoms with van der Waals surface area (Å²) in [6.07, 6.45) is -4.81. The molecule has 21 heavy (non-hydrogen) atoms. The van der Waals surface area contributed by atoms with E-state index in [0.29, 0.717) is 6.07 Å². The van der Waals surface area contributed by atoms with E-state index in [1.807, 2.05) is 0 Å². The summed E-state index contributed by atoms with van der Waals surface area (Å²) < 4.78 is 58.5. The van der Waals surface area contributed by atoms with Crippen molar-refractivity contribution < 1.29 is 36.8 Å². The van der Waals surface area contributed by atoms with E-state index in [9.17, 15) is 32.5 Å². The second kappa shape index (κ2) is 5.81. The molecule has 0 radical (unpaired) electrons. The number of esters is 1. The van der Waals surface area contributed by atoms with Crippen LogP contribution in [0.3, 0.4) is 0 Å². The minimum absolute atomic E-state index is 0.482. The molecule has 0 bridgehead atoms. The van der Waals surface area contributed by atoms with Crippen LogP contribution in [0.2, 0.25) is 0 Å². The summed E-state index contributed by atoms with van der Waals surface area (Å²) in [5.41, 5.74) is 2.18. The smallest absolute Gasteiger partial charge is 0.422 e. The predicted octanol–water partition coefficient (Wildman–Crippen LogP) is 2.04. The standard InChI is InChI=1S/C10H8F4N2O5/c1-20-9(17)4-2-5(16(18)19)7(15)6(11)8(4)21-3-10(12,13)14/h2H,3,15H2,1H3. The number of rotatable bonds is 4. The Labute approximate surface area is 114 Å². The van der Waals surface area contributed by atoms with Crippen molar-refractivity contribution in [2.24, 2.45) is 0 Å². The Morgan fingerprint density at radius 1 is 1.48 bits per heavy atom. The van der Waals surface area contributed by atoms with Crippen LogP contribution < -0.4 is 10.5 Å². The largest absolute Gasteiger partial charge is 0.480 e. The molecule has 0 saturated carbocycles. The van der Waals surface area contributed by atoms with Crippen LogP contribution in [0.15, 0.2) is 6.07 Å². The second-order valence-electron chi connectivity index (χ2n) is 3.65. The lowest BCUT2D eigenvalue weighted by Crippen LogP contribution is -2.21. The highest BCUT2D eigenvalue weighted by Crippen LogP contribution is 2.36. The van der Waals surface area contributed by atoms with Gasteiger partial charge in [0.15, 0.2) is 23.9 Å². The number of nitrogens with two attached hydrogens (primary N) is 1. The van der Waals surface area contributed by atoms with Crippen molar-refractivity contribution in [1.29, 1.82) is 0 Å². The summed E-state index contributed by atoms with van der Waals surface area (Å²) in [5, 5.41) is 10.7. The number of methoxy groups -OCH3 is 1. The van der Waals surface area contributed by atoms with Crippen LogP contribution in [0.1, 0.15) is 10.4 Å². The maximum Gasteiger partial charge on any atom is 0.422 e. The first kappa shape index (κ1) is 16.5. The van der Waals surface area contributed by atoms with E-state index < -0.39 is 52.2 Å². The molecule has 1 aromatic carbocycles. The number of carbonyl (C=O) groups is 1. The molecule has 1 aromatic rings. The molecular weight excluding hydrogens is 304 g/mol. The lowest BCUT2D eigenvalue weighted by atomic mass is 10.1. The Hall–Kier alpha value is -2.59. The second-order valence-corrected chi connectivity index (χ2v) is 3.65. The number of ether oxygens (including phenoxy) is 2. The number of nitrogen functional groups attached to an aromatic ring is 1. The summed E-state index contributed by atoms with van der Waals surface area (Å²) in [4.78, 5) is 20.9. The molecule has 0 fully saturated rings. The number of hydrogen-bond donors (Lipinski definition) is 1. The van der Waals surface area contributed by atoms with Gasteiger partial charge in [-0.1, -0.05) is 0 Å². The number of halogens is 4. The van der Waals surface area contributed by atoms with Crippen LogP contribution in [-0.4, -0.2) is 30.8 Å². The van der Waals surface area contributed by atoms with E-state index in [1.165, 1.54) is 0 Å². The first-order chi connectivity index (χ1) is 9.58. The van der Waals surface area contributed by atoms with Crippen LogP contribution in [-0.2, 0) is 4.74 Å². The summed E-state index contributed by atoms with van der Waals surface area (Å²) >= 11 is 0. The minimum atomic E-state index is -4.81. The number of benzene rings is 1. The fourth-order valence-electron chi connectivity index (χ4n) is 1.34. The third-order valence-corrected chi connectivity index (χ3v) is 2.22. The predicted molar refractivity (Wildman–Crippen MR) is 60.4 cm³/mol. The molecule has 0 aliphatic carbocycles. The molecule has 0 heterocycles. The van der Waals surface area contributed by atoms with E-state index in [0.717, 1.165) is 7.11 Å². The van der Waals surface area contributed by atoms with Gasteiger partial charge >= 0.3 is 12.1 Å². The Kier molecular flexibility index (Phi) is 4.55. The first-order valence-corrected chi connectivity index (χ1v) is 5.12. The summed E-state index contributed by atoms with van der Waals surface area (Å²) in [7, 11) is 0.857. The van der Waals surface area contributed by atoms with Gasteiger partial charge in [-0.05, 0) is 0 Å². The summed E-state index contributed by atoms with van der Waals surface area (Å²) in [5.74, 6) is -4.12. The fourth-order valence-corrected chi connectivity index (χ4v) is 1.34. The highest BCUT2D eigenvalue weighted by molar-refractivity contribution is 5.94. The Morgan fingerprint density at radius 2 is 2.05 bits per heavy atom. The molecule has 0 aliphatic heterocycles. The number of anilines is 1. The molecule has 2 N–H and O–H groups in total. The maximum atomic E-state index is 13.8. The quantitative estimate of drug-likeness (QED) is 0.300. The Morgan fingerprint density at radius 3 is 2.48 bits per heavy atom.